The van der Waals surface area contributed by atoms with Gasteiger partial charge in [-0.15, -0.1) is 0 Å². The highest BCUT2D eigenvalue weighted by atomic mass is 19.4. The van der Waals surface area contributed by atoms with Crippen molar-refractivity contribution < 1.29 is 51.7 Å². The summed E-state index contributed by atoms with van der Waals surface area (Å²) in [5.74, 6) is -5.84. The summed E-state index contributed by atoms with van der Waals surface area (Å²) in [6.45, 7) is -0.835. The number of esters is 2. The number of rotatable bonds is 12. The summed E-state index contributed by atoms with van der Waals surface area (Å²) in [6.07, 6.45) is -7.24. The average molecular weight is 539 g/mol. The molecule has 1 amide bonds. The van der Waals surface area contributed by atoms with Crippen molar-refractivity contribution >= 4 is 29.5 Å². The largest absolute Gasteiger partial charge is 0.491 e. The first-order chi connectivity index (χ1) is 17.9. The summed E-state index contributed by atoms with van der Waals surface area (Å²) in [7, 11) is 1.28. The van der Waals surface area contributed by atoms with Crippen LogP contribution in [-0.2, 0) is 19.1 Å². The lowest BCUT2D eigenvalue weighted by atomic mass is 10.0. The Bertz CT molecular complexity index is 1170. The van der Waals surface area contributed by atoms with E-state index in [1.807, 2.05) is 0 Å². The van der Waals surface area contributed by atoms with Crippen molar-refractivity contribution in [2.45, 2.75) is 24.7 Å². The number of ketones is 1. The van der Waals surface area contributed by atoms with Gasteiger partial charge in [-0.3, -0.25) is 15.0 Å². The predicted octanol–water partition coefficient (Wildman–Crippen LogP) is 1.36. The number of nitrogen functional groups attached to an aromatic ring is 1. The van der Waals surface area contributed by atoms with Gasteiger partial charge in [0.25, 0.3) is 5.91 Å². The van der Waals surface area contributed by atoms with Crippen molar-refractivity contribution in [2.24, 2.45) is 5.73 Å². The second-order valence-corrected chi connectivity index (χ2v) is 7.68. The Morgan fingerprint density at radius 2 is 1.55 bits per heavy atom. The molecule has 0 aliphatic heterocycles. The van der Waals surface area contributed by atoms with Crippen LogP contribution in [0.1, 0.15) is 32.7 Å². The number of nitrogens with one attached hydrogen (secondary N) is 2. The first-order valence-corrected chi connectivity index (χ1v) is 10.9. The third-order valence-corrected chi connectivity index (χ3v) is 4.95. The molecule has 2 atom stereocenters. The van der Waals surface area contributed by atoms with E-state index in [1.165, 1.54) is 55.6 Å². The van der Waals surface area contributed by atoms with Crippen LogP contribution in [0, 0.1) is 5.41 Å². The molecule has 5 N–H and O–H groups in total. The Morgan fingerprint density at radius 1 is 1.00 bits per heavy atom. The molecular weight excluding hydrogens is 515 g/mol. The van der Waals surface area contributed by atoms with Gasteiger partial charge in [0.15, 0.2) is 11.9 Å². The fourth-order valence-corrected chi connectivity index (χ4v) is 2.96. The van der Waals surface area contributed by atoms with E-state index in [1.54, 1.807) is 0 Å². The van der Waals surface area contributed by atoms with Gasteiger partial charge in [0, 0.05) is 30.2 Å². The molecule has 0 heterocycles. The number of benzene rings is 2. The molecule has 0 saturated carbocycles. The van der Waals surface area contributed by atoms with Gasteiger partial charge in [0.1, 0.15) is 17.6 Å². The molecule has 2 rings (SSSR count). The van der Waals surface area contributed by atoms with E-state index >= 15 is 0 Å². The Hall–Kier alpha value is -4.30. The smallest absolute Gasteiger partial charge is 0.479 e. The molecule has 0 radical (unpaired) electrons. The zero-order chi connectivity index (χ0) is 28.5. The minimum atomic E-state index is -5.37. The fourth-order valence-electron chi connectivity index (χ4n) is 2.96. The maximum Gasteiger partial charge on any atom is 0.491 e. The number of amidine groups is 1. The van der Waals surface area contributed by atoms with E-state index in [0.717, 1.165) is 0 Å². The second-order valence-electron chi connectivity index (χ2n) is 7.68. The van der Waals surface area contributed by atoms with E-state index in [4.69, 9.17) is 20.6 Å². The van der Waals surface area contributed by atoms with Crippen molar-refractivity contribution in [1.82, 2.24) is 5.32 Å². The summed E-state index contributed by atoms with van der Waals surface area (Å²) in [5.41, 5.74) is 5.95. The van der Waals surface area contributed by atoms with Crippen molar-refractivity contribution in [3.05, 3.63) is 65.2 Å². The number of methoxy groups -OCH3 is 1. The van der Waals surface area contributed by atoms with Crippen LogP contribution in [0.25, 0.3) is 0 Å². The van der Waals surface area contributed by atoms with E-state index in [9.17, 15) is 37.5 Å². The minimum absolute atomic E-state index is 0.0342. The number of carbonyl (C=O) groups excluding carboxylic acids is 4. The van der Waals surface area contributed by atoms with Gasteiger partial charge < -0.3 is 30.4 Å². The molecule has 38 heavy (non-hydrogen) atoms. The number of aliphatic hydroxyl groups excluding tert-OH is 1. The minimum Gasteiger partial charge on any atom is -0.479 e. The summed E-state index contributed by atoms with van der Waals surface area (Å²) in [4.78, 5) is 48.2. The topological polar surface area (TPSA) is 178 Å². The Balaban J connectivity index is 2.09. The third-order valence-electron chi connectivity index (χ3n) is 4.95. The lowest BCUT2D eigenvalue weighted by Gasteiger charge is -2.18. The lowest BCUT2D eigenvalue weighted by Crippen LogP contribution is -2.43. The van der Waals surface area contributed by atoms with Crippen LogP contribution in [0.2, 0.25) is 0 Å². The van der Waals surface area contributed by atoms with Crippen molar-refractivity contribution in [3.63, 3.8) is 0 Å². The lowest BCUT2D eigenvalue weighted by molar-refractivity contribution is -0.204. The van der Waals surface area contributed by atoms with E-state index < -0.39 is 48.6 Å². The monoisotopic (exact) mass is 539 g/mol. The number of halogens is 3. The van der Waals surface area contributed by atoms with Crippen LogP contribution in [0.5, 0.6) is 5.75 Å². The Labute approximate surface area is 214 Å². The summed E-state index contributed by atoms with van der Waals surface area (Å²) >= 11 is 0. The fraction of sp³-hybridized carbons (Fsp3) is 0.292. The quantitative estimate of drug-likeness (QED) is 0.102. The molecule has 0 aromatic heterocycles. The SMILES string of the molecule is COCCC(Oc1ccc(C(=O)C(CO)NC(=O)c2ccc(C(=N)N)cc2)cc1)C(=O)OC(=O)C(F)(F)F. The summed E-state index contributed by atoms with van der Waals surface area (Å²) in [5, 5.41) is 19.4. The predicted molar refractivity (Wildman–Crippen MR) is 125 cm³/mol. The van der Waals surface area contributed by atoms with Gasteiger partial charge in [-0.2, -0.15) is 13.2 Å². The maximum absolute atomic E-state index is 12.8. The molecule has 2 aromatic carbocycles. The number of alkyl halides is 3. The highest BCUT2D eigenvalue weighted by Gasteiger charge is 2.43. The Morgan fingerprint density at radius 3 is 2.05 bits per heavy atom. The van der Waals surface area contributed by atoms with Crippen molar-refractivity contribution in [1.29, 1.82) is 5.41 Å². The molecule has 0 fully saturated rings. The van der Waals surface area contributed by atoms with Crippen molar-refractivity contribution in [2.75, 3.05) is 20.3 Å². The number of hydrogen-bond donors (Lipinski definition) is 4. The van der Waals surface area contributed by atoms with Crippen LogP contribution in [0.15, 0.2) is 48.5 Å². The van der Waals surface area contributed by atoms with Crippen molar-refractivity contribution in [3.8, 4) is 5.75 Å². The van der Waals surface area contributed by atoms with Gasteiger partial charge in [0.05, 0.1) is 13.2 Å². The van der Waals surface area contributed by atoms with Gasteiger partial charge in [-0.25, -0.2) is 9.59 Å². The molecule has 2 aromatic rings. The number of carbonyl (C=O) groups is 4. The highest BCUT2D eigenvalue weighted by Crippen LogP contribution is 2.20. The molecule has 0 spiro atoms. The summed E-state index contributed by atoms with van der Waals surface area (Å²) in [6, 6.07) is 9.29. The van der Waals surface area contributed by atoms with E-state index in [0.29, 0.717) is 5.56 Å². The molecular formula is C24H24F3N3O8. The maximum atomic E-state index is 12.8. The molecule has 0 saturated heterocycles. The van der Waals surface area contributed by atoms with Crippen LogP contribution in [-0.4, -0.2) is 73.2 Å². The molecule has 14 heteroatoms. The zero-order valence-electron chi connectivity index (χ0n) is 19.9. The van der Waals surface area contributed by atoms with E-state index in [-0.39, 0.29) is 35.7 Å². The molecule has 0 aliphatic rings. The normalized spacial score (nSPS) is 12.7. The van der Waals surface area contributed by atoms with Crippen LogP contribution >= 0.6 is 0 Å². The molecule has 11 nitrogen and oxygen atoms in total. The van der Waals surface area contributed by atoms with E-state index in [2.05, 4.69) is 10.1 Å². The van der Waals surface area contributed by atoms with Crippen LogP contribution in [0.4, 0.5) is 13.2 Å². The molecule has 2 unspecified atom stereocenters. The third kappa shape index (κ3) is 8.38. The molecule has 0 bridgehead atoms. The molecule has 204 valence electrons. The number of hydrogen-bond acceptors (Lipinski definition) is 9. The summed E-state index contributed by atoms with van der Waals surface area (Å²) < 4.78 is 51.2. The van der Waals surface area contributed by atoms with Crippen LogP contribution in [0.3, 0.4) is 0 Å². The first-order valence-electron chi connectivity index (χ1n) is 10.9. The van der Waals surface area contributed by atoms with Gasteiger partial charge in [0.2, 0.25) is 0 Å². The Kier molecular flexibility index (Phi) is 10.5. The van der Waals surface area contributed by atoms with Gasteiger partial charge >= 0.3 is 18.1 Å². The average Bonchev–Trinajstić information content (AvgIpc) is 2.88. The first kappa shape index (κ1) is 29.9. The number of Topliss-reactive ketones (excluding diaryl/α,β-unsaturated/α-hetero) is 1. The number of nitrogens with two attached hydrogens (primary N) is 1. The number of aliphatic hydroxyl groups is 1. The highest BCUT2D eigenvalue weighted by molar-refractivity contribution is 6.05. The zero-order valence-corrected chi connectivity index (χ0v) is 19.9. The standard InChI is InChI=1S/C24H24F3N3O8/c1-36-11-10-18(22(34)38-23(35)24(25,26)27)37-16-8-6-13(7-9-16)19(32)17(12-31)30-21(33)15-4-2-14(3-5-15)20(28)29/h2-9,17-18,31H,10-12H2,1H3,(H3,28,29)(H,30,33). The number of ether oxygens (including phenoxy) is 3. The number of amides is 1. The van der Waals surface area contributed by atoms with Gasteiger partial charge in [-0.1, -0.05) is 12.1 Å². The molecule has 0 aliphatic carbocycles. The van der Waals surface area contributed by atoms with Gasteiger partial charge in [-0.05, 0) is 36.4 Å². The second kappa shape index (κ2) is 13.3. The van der Waals surface area contributed by atoms with Crippen LogP contribution < -0.4 is 15.8 Å².